The molecule has 2 heterocycles. The summed E-state index contributed by atoms with van der Waals surface area (Å²) in [6.07, 6.45) is 3.79. The normalized spacial score (nSPS) is 10.5. The summed E-state index contributed by atoms with van der Waals surface area (Å²) >= 11 is 5.81. The van der Waals surface area contributed by atoms with Crippen molar-refractivity contribution in [3.8, 4) is 0 Å². The van der Waals surface area contributed by atoms with Crippen LogP contribution in [0.25, 0.3) is 0 Å². The van der Waals surface area contributed by atoms with Crippen LogP contribution in [-0.4, -0.2) is 14.5 Å². The highest BCUT2D eigenvalue weighted by molar-refractivity contribution is 6.29. The van der Waals surface area contributed by atoms with Crippen molar-refractivity contribution in [2.75, 3.05) is 5.32 Å². The standard InChI is InChI=1S/C12H15ClN4/c1-3-17-7-6-14-12(17)8-15-10-4-5-11(13)16-9(10)2/h4-7,15H,3,8H2,1-2H3. The first-order valence-electron chi connectivity index (χ1n) is 5.57. The topological polar surface area (TPSA) is 42.7 Å². The fraction of sp³-hybridized carbons (Fsp3) is 0.333. The number of rotatable bonds is 4. The number of anilines is 1. The van der Waals surface area contributed by atoms with Crippen molar-refractivity contribution >= 4 is 17.3 Å². The quantitative estimate of drug-likeness (QED) is 0.849. The molecule has 0 bridgehead atoms. The minimum absolute atomic E-state index is 0.517. The highest BCUT2D eigenvalue weighted by atomic mass is 35.5. The van der Waals surface area contributed by atoms with Gasteiger partial charge < -0.3 is 9.88 Å². The van der Waals surface area contributed by atoms with Crippen LogP contribution >= 0.6 is 11.6 Å². The minimum atomic E-state index is 0.517. The number of nitrogens with zero attached hydrogens (tertiary/aromatic N) is 3. The van der Waals surface area contributed by atoms with Gasteiger partial charge in [0.05, 0.1) is 17.9 Å². The molecule has 0 aliphatic heterocycles. The van der Waals surface area contributed by atoms with Crippen LogP contribution in [0.1, 0.15) is 18.4 Å². The SMILES string of the molecule is CCn1ccnc1CNc1ccc(Cl)nc1C. The van der Waals surface area contributed by atoms with E-state index >= 15 is 0 Å². The molecule has 1 N–H and O–H groups in total. The molecule has 0 fully saturated rings. The number of aromatic nitrogens is 3. The second-order valence-corrected chi connectivity index (χ2v) is 4.14. The molecule has 17 heavy (non-hydrogen) atoms. The largest absolute Gasteiger partial charge is 0.376 e. The number of hydrogen-bond donors (Lipinski definition) is 1. The molecular weight excluding hydrogens is 236 g/mol. The number of hydrogen-bond acceptors (Lipinski definition) is 3. The van der Waals surface area contributed by atoms with Gasteiger partial charge in [0, 0.05) is 18.9 Å². The molecule has 0 atom stereocenters. The molecule has 0 saturated heterocycles. The Hall–Kier alpha value is -1.55. The Balaban J connectivity index is 2.07. The first kappa shape index (κ1) is 11.9. The Kier molecular flexibility index (Phi) is 3.64. The lowest BCUT2D eigenvalue weighted by molar-refractivity contribution is 0.708. The fourth-order valence-corrected chi connectivity index (χ4v) is 1.88. The van der Waals surface area contributed by atoms with Gasteiger partial charge in [-0.25, -0.2) is 9.97 Å². The predicted octanol–water partition coefficient (Wildman–Crippen LogP) is 2.87. The summed E-state index contributed by atoms with van der Waals surface area (Å²) in [5.41, 5.74) is 1.88. The van der Waals surface area contributed by atoms with E-state index in [-0.39, 0.29) is 0 Å². The lowest BCUT2D eigenvalue weighted by atomic mass is 10.3. The van der Waals surface area contributed by atoms with Crippen molar-refractivity contribution in [2.45, 2.75) is 26.9 Å². The van der Waals surface area contributed by atoms with Gasteiger partial charge >= 0.3 is 0 Å². The lowest BCUT2D eigenvalue weighted by Gasteiger charge is -2.09. The Morgan fingerprint density at radius 2 is 2.24 bits per heavy atom. The zero-order valence-electron chi connectivity index (χ0n) is 9.94. The summed E-state index contributed by atoms with van der Waals surface area (Å²) in [6, 6.07) is 3.72. The highest BCUT2D eigenvalue weighted by Crippen LogP contribution is 2.16. The van der Waals surface area contributed by atoms with Gasteiger partial charge in [0.1, 0.15) is 11.0 Å². The maximum Gasteiger partial charge on any atom is 0.129 e. The molecule has 0 saturated carbocycles. The Morgan fingerprint density at radius 3 is 2.94 bits per heavy atom. The van der Waals surface area contributed by atoms with E-state index in [1.165, 1.54) is 0 Å². The van der Waals surface area contributed by atoms with Gasteiger partial charge in [-0.2, -0.15) is 0 Å². The van der Waals surface area contributed by atoms with Crippen molar-refractivity contribution in [1.82, 2.24) is 14.5 Å². The van der Waals surface area contributed by atoms with E-state index in [0.717, 1.165) is 23.8 Å². The number of pyridine rings is 1. The van der Waals surface area contributed by atoms with Crippen LogP contribution in [-0.2, 0) is 13.1 Å². The van der Waals surface area contributed by atoms with Crippen LogP contribution in [0.2, 0.25) is 5.15 Å². The van der Waals surface area contributed by atoms with E-state index in [1.807, 2.05) is 25.4 Å². The molecule has 0 unspecified atom stereocenters. The van der Waals surface area contributed by atoms with Gasteiger partial charge in [-0.15, -0.1) is 0 Å². The highest BCUT2D eigenvalue weighted by Gasteiger charge is 2.03. The average molecular weight is 251 g/mol. The lowest BCUT2D eigenvalue weighted by Crippen LogP contribution is -2.08. The number of imidazole rings is 1. The molecule has 0 aliphatic carbocycles. The first-order chi connectivity index (χ1) is 8.20. The van der Waals surface area contributed by atoms with Gasteiger partial charge in [-0.1, -0.05) is 11.6 Å². The van der Waals surface area contributed by atoms with Crippen molar-refractivity contribution < 1.29 is 0 Å². The van der Waals surface area contributed by atoms with E-state index in [1.54, 1.807) is 6.07 Å². The van der Waals surface area contributed by atoms with Crippen molar-refractivity contribution in [3.05, 3.63) is 41.2 Å². The van der Waals surface area contributed by atoms with Gasteiger partial charge in [0.2, 0.25) is 0 Å². The maximum atomic E-state index is 5.81. The molecule has 90 valence electrons. The monoisotopic (exact) mass is 250 g/mol. The maximum absolute atomic E-state index is 5.81. The summed E-state index contributed by atoms with van der Waals surface area (Å²) in [7, 11) is 0. The molecule has 2 aromatic rings. The van der Waals surface area contributed by atoms with Gasteiger partial charge in [0.15, 0.2) is 0 Å². The smallest absolute Gasteiger partial charge is 0.129 e. The van der Waals surface area contributed by atoms with Crippen LogP contribution in [0.15, 0.2) is 24.5 Å². The van der Waals surface area contributed by atoms with E-state index in [4.69, 9.17) is 11.6 Å². The van der Waals surface area contributed by atoms with E-state index in [9.17, 15) is 0 Å². The number of halogens is 1. The predicted molar refractivity (Wildman–Crippen MR) is 69.2 cm³/mol. The van der Waals surface area contributed by atoms with E-state index in [0.29, 0.717) is 11.7 Å². The van der Waals surface area contributed by atoms with Crippen molar-refractivity contribution in [3.63, 3.8) is 0 Å². The van der Waals surface area contributed by atoms with Crippen LogP contribution in [0.5, 0.6) is 0 Å². The fourth-order valence-electron chi connectivity index (χ4n) is 1.69. The number of aryl methyl sites for hydroxylation is 2. The van der Waals surface area contributed by atoms with E-state index in [2.05, 4.69) is 26.8 Å². The first-order valence-corrected chi connectivity index (χ1v) is 5.95. The Morgan fingerprint density at radius 1 is 1.41 bits per heavy atom. The van der Waals surface area contributed by atoms with Crippen molar-refractivity contribution in [2.24, 2.45) is 0 Å². The van der Waals surface area contributed by atoms with Crippen LogP contribution in [0.4, 0.5) is 5.69 Å². The van der Waals surface area contributed by atoms with Gasteiger partial charge in [0.25, 0.3) is 0 Å². The molecule has 0 amide bonds. The molecule has 2 rings (SSSR count). The summed E-state index contributed by atoms with van der Waals surface area (Å²) < 4.78 is 2.10. The zero-order chi connectivity index (χ0) is 12.3. The molecule has 0 radical (unpaired) electrons. The van der Waals surface area contributed by atoms with E-state index < -0.39 is 0 Å². The summed E-state index contributed by atoms with van der Waals surface area (Å²) in [5, 5.41) is 3.83. The summed E-state index contributed by atoms with van der Waals surface area (Å²) in [6.45, 7) is 5.64. The Labute approximate surface area is 106 Å². The number of nitrogens with one attached hydrogen (secondary N) is 1. The second-order valence-electron chi connectivity index (χ2n) is 3.75. The third kappa shape index (κ3) is 2.77. The van der Waals surface area contributed by atoms with Crippen LogP contribution < -0.4 is 5.32 Å². The molecule has 5 heteroatoms. The minimum Gasteiger partial charge on any atom is -0.376 e. The molecule has 0 aliphatic rings. The molecule has 0 aromatic carbocycles. The van der Waals surface area contributed by atoms with Crippen LogP contribution in [0.3, 0.4) is 0 Å². The van der Waals surface area contributed by atoms with Crippen LogP contribution in [0, 0.1) is 6.92 Å². The molecule has 0 spiro atoms. The molecule has 2 aromatic heterocycles. The Bertz CT molecular complexity index is 507. The molecular formula is C12H15ClN4. The van der Waals surface area contributed by atoms with Gasteiger partial charge in [-0.05, 0) is 26.0 Å². The second kappa shape index (κ2) is 5.19. The third-order valence-corrected chi connectivity index (χ3v) is 2.84. The average Bonchev–Trinajstić information content (AvgIpc) is 2.75. The summed E-state index contributed by atoms with van der Waals surface area (Å²) in [5.74, 6) is 1.02. The summed E-state index contributed by atoms with van der Waals surface area (Å²) in [4.78, 5) is 8.50. The molecule has 4 nitrogen and oxygen atoms in total. The zero-order valence-corrected chi connectivity index (χ0v) is 10.7. The van der Waals surface area contributed by atoms with Crippen molar-refractivity contribution in [1.29, 1.82) is 0 Å². The third-order valence-electron chi connectivity index (χ3n) is 2.63. The van der Waals surface area contributed by atoms with Gasteiger partial charge in [-0.3, -0.25) is 0 Å².